The molecule has 2 saturated heterocycles. The molecule has 0 amide bonds. The van der Waals surface area contributed by atoms with Gasteiger partial charge in [0.25, 0.3) is 0 Å². The van der Waals surface area contributed by atoms with Gasteiger partial charge in [-0.2, -0.15) is 9.57 Å². The maximum Gasteiger partial charge on any atom is 0.243 e. The molecule has 0 N–H and O–H groups in total. The predicted octanol–water partition coefficient (Wildman–Crippen LogP) is 3.92. The molecule has 0 radical (unpaired) electrons. The second kappa shape index (κ2) is 8.25. The van der Waals surface area contributed by atoms with E-state index < -0.39 is 10.0 Å². The monoisotopic (exact) mass is 449 g/mol. The Bertz CT molecular complexity index is 1060. The van der Waals surface area contributed by atoms with Gasteiger partial charge in [0, 0.05) is 35.7 Å². The standard InChI is InChI=1S/C21H21Cl2N3O2S/c22-18-9-16(10-19(23)12-18)8-17-4-3-15(13-24)11-21(17)29(27,28)26-7-6-25-5-1-2-20(25)14-26/h3-4,9-12,20H,1-2,5-8,14H2. The fourth-order valence-electron chi connectivity index (χ4n) is 4.26. The van der Waals surface area contributed by atoms with Gasteiger partial charge in [0.2, 0.25) is 10.0 Å². The number of hydrogen-bond acceptors (Lipinski definition) is 4. The molecule has 2 aromatic rings. The average Bonchev–Trinajstić information content (AvgIpc) is 3.15. The lowest BCUT2D eigenvalue weighted by atomic mass is 10.0. The zero-order chi connectivity index (χ0) is 20.6. The molecular formula is C21H21Cl2N3O2S. The second-order valence-corrected chi connectivity index (χ2v) is 10.4. The fraction of sp³-hybridized carbons (Fsp3) is 0.381. The van der Waals surface area contributed by atoms with Crippen LogP contribution in [0.25, 0.3) is 0 Å². The Labute approximate surface area is 181 Å². The molecule has 0 aromatic heterocycles. The molecule has 29 heavy (non-hydrogen) atoms. The summed E-state index contributed by atoms with van der Waals surface area (Å²) >= 11 is 12.2. The first kappa shape index (κ1) is 20.6. The van der Waals surface area contributed by atoms with E-state index in [4.69, 9.17) is 23.2 Å². The Morgan fingerprint density at radius 2 is 1.83 bits per heavy atom. The van der Waals surface area contributed by atoms with Crippen LogP contribution in [-0.2, 0) is 16.4 Å². The van der Waals surface area contributed by atoms with Crippen molar-refractivity contribution in [3.05, 3.63) is 63.1 Å². The molecule has 2 fully saturated rings. The van der Waals surface area contributed by atoms with Crippen LogP contribution in [0.1, 0.15) is 29.5 Å². The van der Waals surface area contributed by atoms with E-state index in [-0.39, 0.29) is 10.9 Å². The molecule has 0 aliphatic carbocycles. The van der Waals surface area contributed by atoms with Crippen LogP contribution in [0, 0.1) is 11.3 Å². The third kappa shape index (κ3) is 4.30. The predicted molar refractivity (Wildman–Crippen MR) is 114 cm³/mol. The molecule has 1 atom stereocenters. The highest BCUT2D eigenvalue weighted by Crippen LogP contribution is 2.30. The maximum atomic E-state index is 13.5. The van der Waals surface area contributed by atoms with Gasteiger partial charge in [0.05, 0.1) is 16.5 Å². The smallest absolute Gasteiger partial charge is 0.243 e. The van der Waals surface area contributed by atoms with Gasteiger partial charge < -0.3 is 0 Å². The number of nitrogens with zero attached hydrogens (tertiary/aromatic N) is 3. The highest BCUT2D eigenvalue weighted by Gasteiger charge is 2.37. The van der Waals surface area contributed by atoms with Crippen LogP contribution in [0.4, 0.5) is 0 Å². The van der Waals surface area contributed by atoms with Crippen molar-refractivity contribution >= 4 is 33.2 Å². The van der Waals surface area contributed by atoms with Gasteiger partial charge in [-0.25, -0.2) is 8.42 Å². The van der Waals surface area contributed by atoms with Crippen molar-refractivity contribution in [3.8, 4) is 6.07 Å². The summed E-state index contributed by atoms with van der Waals surface area (Å²) < 4.78 is 28.6. The first-order chi connectivity index (χ1) is 13.9. The third-order valence-corrected chi connectivity index (χ3v) is 8.06. The van der Waals surface area contributed by atoms with Gasteiger partial charge in [-0.3, -0.25) is 4.90 Å². The van der Waals surface area contributed by atoms with Gasteiger partial charge in [-0.05, 0) is 67.3 Å². The number of halogens is 2. The summed E-state index contributed by atoms with van der Waals surface area (Å²) in [7, 11) is -3.71. The minimum absolute atomic E-state index is 0.194. The van der Waals surface area contributed by atoms with Gasteiger partial charge in [-0.15, -0.1) is 0 Å². The Morgan fingerprint density at radius 1 is 1.07 bits per heavy atom. The van der Waals surface area contributed by atoms with E-state index in [0.29, 0.717) is 40.7 Å². The summed E-state index contributed by atoms with van der Waals surface area (Å²) in [5.41, 5.74) is 1.79. The van der Waals surface area contributed by atoms with Crippen LogP contribution < -0.4 is 0 Å². The van der Waals surface area contributed by atoms with Crippen LogP contribution in [-0.4, -0.2) is 49.8 Å². The van der Waals surface area contributed by atoms with E-state index in [1.165, 1.54) is 6.07 Å². The minimum Gasteiger partial charge on any atom is -0.298 e. The summed E-state index contributed by atoms with van der Waals surface area (Å²) in [6.45, 7) is 2.77. The van der Waals surface area contributed by atoms with Crippen molar-refractivity contribution < 1.29 is 8.42 Å². The van der Waals surface area contributed by atoms with Gasteiger partial charge in [0.15, 0.2) is 0 Å². The third-order valence-electron chi connectivity index (χ3n) is 5.68. The Balaban J connectivity index is 1.70. The average molecular weight is 450 g/mol. The zero-order valence-electron chi connectivity index (χ0n) is 15.8. The number of piperazine rings is 1. The van der Waals surface area contributed by atoms with Gasteiger partial charge >= 0.3 is 0 Å². The SMILES string of the molecule is N#Cc1ccc(Cc2cc(Cl)cc(Cl)c2)c(S(=O)(=O)N2CCN3CCCC3C2)c1. The quantitative estimate of drug-likeness (QED) is 0.708. The Kier molecular flexibility index (Phi) is 5.87. The van der Waals surface area contributed by atoms with Crippen molar-refractivity contribution in [1.82, 2.24) is 9.21 Å². The number of hydrogen-bond donors (Lipinski definition) is 0. The topological polar surface area (TPSA) is 64.4 Å². The molecule has 5 nitrogen and oxygen atoms in total. The summed E-state index contributed by atoms with van der Waals surface area (Å²) in [5.74, 6) is 0. The van der Waals surface area contributed by atoms with Gasteiger partial charge in [0.1, 0.15) is 0 Å². The number of nitriles is 1. The number of benzene rings is 2. The lowest BCUT2D eigenvalue weighted by Gasteiger charge is -2.37. The van der Waals surface area contributed by atoms with Crippen LogP contribution in [0.2, 0.25) is 10.0 Å². The molecule has 1 unspecified atom stereocenters. The summed E-state index contributed by atoms with van der Waals surface area (Å²) in [6.07, 6.45) is 2.51. The molecule has 0 spiro atoms. The number of rotatable bonds is 4. The van der Waals surface area contributed by atoms with E-state index in [1.807, 2.05) is 0 Å². The molecule has 2 aliphatic heterocycles. The van der Waals surface area contributed by atoms with Crippen LogP contribution in [0.15, 0.2) is 41.3 Å². The van der Waals surface area contributed by atoms with Crippen molar-refractivity contribution in [2.45, 2.75) is 30.2 Å². The van der Waals surface area contributed by atoms with Crippen molar-refractivity contribution in [2.75, 3.05) is 26.2 Å². The number of fused-ring (bicyclic) bond motifs is 1. The summed E-state index contributed by atoms with van der Waals surface area (Å²) in [4.78, 5) is 2.56. The second-order valence-electron chi connectivity index (χ2n) is 7.58. The van der Waals surface area contributed by atoms with E-state index in [9.17, 15) is 13.7 Å². The molecule has 8 heteroatoms. The molecule has 152 valence electrons. The van der Waals surface area contributed by atoms with Crippen LogP contribution >= 0.6 is 23.2 Å². The number of sulfonamides is 1. The molecule has 4 rings (SSSR count). The molecular weight excluding hydrogens is 429 g/mol. The lowest BCUT2D eigenvalue weighted by Crippen LogP contribution is -2.52. The summed E-state index contributed by atoms with van der Waals surface area (Å²) in [5, 5.41) is 10.3. The molecule has 2 aliphatic rings. The Morgan fingerprint density at radius 3 is 2.55 bits per heavy atom. The zero-order valence-corrected chi connectivity index (χ0v) is 18.1. The Hall–Kier alpha value is -1.62. The highest BCUT2D eigenvalue weighted by atomic mass is 35.5. The highest BCUT2D eigenvalue weighted by molar-refractivity contribution is 7.89. The normalized spacial score (nSPS) is 20.4. The first-order valence-corrected chi connectivity index (χ1v) is 11.8. The summed E-state index contributed by atoms with van der Waals surface area (Å²) in [6, 6.07) is 12.4. The van der Waals surface area contributed by atoms with Crippen molar-refractivity contribution in [2.24, 2.45) is 0 Å². The molecule has 0 bridgehead atoms. The van der Waals surface area contributed by atoms with Crippen molar-refractivity contribution in [1.29, 1.82) is 5.26 Å². The fourth-order valence-corrected chi connectivity index (χ4v) is 6.55. The largest absolute Gasteiger partial charge is 0.298 e. The lowest BCUT2D eigenvalue weighted by molar-refractivity contribution is 0.158. The van der Waals surface area contributed by atoms with E-state index >= 15 is 0 Å². The maximum absolute atomic E-state index is 13.5. The molecule has 2 aromatic carbocycles. The van der Waals surface area contributed by atoms with E-state index in [0.717, 1.165) is 31.5 Å². The molecule has 0 saturated carbocycles. The van der Waals surface area contributed by atoms with Crippen molar-refractivity contribution in [3.63, 3.8) is 0 Å². The van der Waals surface area contributed by atoms with E-state index in [1.54, 1.807) is 34.6 Å². The molecule has 2 heterocycles. The van der Waals surface area contributed by atoms with Crippen LogP contribution in [0.5, 0.6) is 0 Å². The van der Waals surface area contributed by atoms with E-state index in [2.05, 4.69) is 11.0 Å². The first-order valence-electron chi connectivity index (χ1n) is 9.59. The minimum atomic E-state index is -3.71. The van der Waals surface area contributed by atoms with Gasteiger partial charge in [-0.1, -0.05) is 29.3 Å². The van der Waals surface area contributed by atoms with Crippen LogP contribution in [0.3, 0.4) is 0 Å².